The number of anilines is 1. The van der Waals surface area contributed by atoms with Crippen LogP contribution in [0.25, 0.3) is 0 Å². The van der Waals surface area contributed by atoms with Crippen LogP contribution in [0.4, 0.5) is 5.69 Å². The van der Waals surface area contributed by atoms with Crippen LogP contribution in [-0.2, 0) is 21.2 Å². The number of ether oxygens (including phenoxy) is 1. The summed E-state index contributed by atoms with van der Waals surface area (Å²) in [7, 11) is -3.45. The van der Waals surface area contributed by atoms with Gasteiger partial charge in [-0.2, -0.15) is 0 Å². The lowest BCUT2D eigenvalue weighted by Gasteiger charge is -2.26. The fraction of sp³-hybridized carbons (Fsp3) is 0.458. The number of carbonyl (C=O) groups excluding carboxylic acids is 1. The number of rotatable bonds is 12. The highest BCUT2D eigenvalue weighted by molar-refractivity contribution is 7.92. The minimum atomic E-state index is -3.45. The van der Waals surface area contributed by atoms with Crippen LogP contribution in [0.1, 0.15) is 50.7 Å². The molecule has 0 aromatic heterocycles. The van der Waals surface area contributed by atoms with Crippen molar-refractivity contribution in [1.29, 1.82) is 0 Å². The van der Waals surface area contributed by atoms with Crippen molar-refractivity contribution in [2.45, 2.75) is 46.0 Å². The van der Waals surface area contributed by atoms with E-state index in [1.807, 2.05) is 62.4 Å². The summed E-state index contributed by atoms with van der Waals surface area (Å²) in [6.07, 6.45) is 2.87. The van der Waals surface area contributed by atoms with Gasteiger partial charge in [-0.05, 0) is 48.1 Å². The number of carbonyl (C=O) groups is 1. The van der Waals surface area contributed by atoms with Gasteiger partial charge in [0.2, 0.25) is 15.9 Å². The zero-order chi connectivity index (χ0) is 22.9. The average Bonchev–Trinajstić information content (AvgIpc) is 2.74. The highest BCUT2D eigenvalue weighted by atomic mass is 32.2. The smallest absolute Gasteiger partial charge is 0.232 e. The summed E-state index contributed by atoms with van der Waals surface area (Å²) in [6.45, 7) is 7.22. The van der Waals surface area contributed by atoms with Gasteiger partial charge in [-0.1, -0.05) is 51.1 Å². The molecule has 31 heavy (non-hydrogen) atoms. The molecule has 0 fully saturated rings. The van der Waals surface area contributed by atoms with Gasteiger partial charge < -0.3 is 10.1 Å². The Labute approximate surface area is 186 Å². The number of nitrogens with one attached hydrogen (secondary N) is 1. The molecule has 7 heteroatoms. The monoisotopic (exact) mass is 446 g/mol. The highest BCUT2D eigenvalue weighted by Crippen LogP contribution is 2.29. The summed E-state index contributed by atoms with van der Waals surface area (Å²) in [4.78, 5) is 12.1. The van der Waals surface area contributed by atoms with Crippen LogP contribution < -0.4 is 14.4 Å². The maximum atomic E-state index is 12.4. The van der Waals surface area contributed by atoms with Gasteiger partial charge in [0.1, 0.15) is 12.4 Å². The summed E-state index contributed by atoms with van der Waals surface area (Å²) < 4.78 is 31.8. The molecule has 6 nitrogen and oxygen atoms in total. The summed E-state index contributed by atoms with van der Waals surface area (Å²) in [5, 5.41) is 2.83. The molecule has 0 heterocycles. The maximum absolute atomic E-state index is 12.4. The number of nitrogens with zero attached hydrogens (tertiary/aromatic N) is 1. The number of benzene rings is 2. The van der Waals surface area contributed by atoms with Crippen LogP contribution in [0.5, 0.6) is 5.75 Å². The Hall–Kier alpha value is -2.54. The molecule has 0 saturated carbocycles. The zero-order valence-corrected chi connectivity index (χ0v) is 19.7. The Kier molecular flexibility index (Phi) is 9.37. The van der Waals surface area contributed by atoms with E-state index < -0.39 is 10.0 Å². The minimum Gasteiger partial charge on any atom is -0.492 e. The predicted octanol–water partition coefficient (Wildman–Crippen LogP) is 4.11. The highest BCUT2D eigenvalue weighted by Gasteiger charge is 2.21. The lowest BCUT2D eigenvalue weighted by Crippen LogP contribution is -2.33. The molecule has 1 N–H and O–H groups in total. The zero-order valence-electron chi connectivity index (χ0n) is 18.9. The molecule has 0 unspecified atom stereocenters. The van der Waals surface area contributed by atoms with Crippen molar-refractivity contribution < 1.29 is 17.9 Å². The summed E-state index contributed by atoms with van der Waals surface area (Å²) in [5.74, 6) is 0.858. The van der Waals surface area contributed by atoms with E-state index in [0.717, 1.165) is 17.7 Å². The number of hydrogen-bond donors (Lipinski definition) is 1. The molecule has 0 bridgehead atoms. The fourth-order valence-electron chi connectivity index (χ4n) is 3.32. The molecule has 0 spiro atoms. The SMILES string of the molecule is CCc1ccc(OCCNC(=O)CCCN(c2ccccc2C(C)C)S(C)(=O)=O)cc1. The first-order chi connectivity index (χ1) is 14.7. The molecule has 2 aromatic carbocycles. The first-order valence-corrected chi connectivity index (χ1v) is 12.6. The molecule has 0 aliphatic carbocycles. The number of aryl methyl sites for hydroxylation is 1. The third-order valence-electron chi connectivity index (χ3n) is 5.02. The Morgan fingerprint density at radius 3 is 2.39 bits per heavy atom. The van der Waals surface area contributed by atoms with Gasteiger partial charge in [-0.3, -0.25) is 9.10 Å². The van der Waals surface area contributed by atoms with Crippen molar-refractivity contribution in [3.63, 3.8) is 0 Å². The van der Waals surface area contributed by atoms with Crippen molar-refractivity contribution in [2.24, 2.45) is 0 Å². The molecule has 170 valence electrons. The Balaban J connectivity index is 1.81. The van der Waals surface area contributed by atoms with Gasteiger partial charge in [0.25, 0.3) is 0 Å². The first kappa shape index (κ1) is 24.7. The first-order valence-electron chi connectivity index (χ1n) is 10.8. The largest absolute Gasteiger partial charge is 0.492 e. The van der Waals surface area contributed by atoms with E-state index in [1.165, 1.54) is 16.1 Å². The van der Waals surface area contributed by atoms with Gasteiger partial charge in [0, 0.05) is 13.0 Å². The number of hydrogen-bond acceptors (Lipinski definition) is 4. The van der Waals surface area contributed by atoms with Crippen LogP contribution in [0, 0.1) is 0 Å². The number of amides is 1. The molecule has 0 saturated heterocycles. The molecular weight excluding hydrogens is 412 g/mol. The van der Waals surface area contributed by atoms with Crippen molar-refractivity contribution in [1.82, 2.24) is 5.32 Å². The van der Waals surface area contributed by atoms with E-state index in [2.05, 4.69) is 12.2 Å². The molecule has 2 aromatic rings. The van der Waals surface area contributed by atoms with Crippen molar-refractivity contribution in [2.75, 3.05) is 30.3 Å². The second-order valence-electron chi connectivity index (χ2n) is 7.85. The molecule has 1 amide bonds. The van der Waals surface area contributed by atoms with Gasteiger partial charge >= 0.3 is 0 Å². The predicted molar refractivity (Wildman–Crippen MR) is 126 cm³/mol. The lowest BCUT2D eigenvalue weighted by atomic mass is 10.0. The topological polar surface area (TPSA) is 75.7 Å². The van der Waals surface area contributed by atoms with Crippen LogP contribution >= 0.6 is 0 Å². The van der Waals surface area contributed by atoms with E-state index in [0.29, 0.717) is 25.3 Å². The summed E-state index contributed by atoms with van der Waals surface area (Å²) in [6, 6.07) is 15.4. The van der Waals surface area contributed by atoms with E-state index in [9.17, 15) is 13.2 Å². The van der Waals surface area contributed by atoms with E-state index >= 15 is 0 Å². The second-order valence-corrected chi connectivity index (χ2v) is 9.75. The van der Waals surface area contributed by atoms with Gasteiger partial charge in [-0.15, -0.1) is 0 Å². The Morgan fingerprint density at radius 1 is 1.10 bits per heavy atom. The molecule has 0 aliphatic rings. The van der Waals surface area contributed by atoms with E-state index in [-0.39, 0.29) is 24.8 Å². The van der Waals surface area contributed by atoms with Crippen molar-refractivity contribution in [3.05, 3.63) is 59.7 Å². The molecule has 0 aliphatic heterocycles. The number of para-hydroxylation sites is 1. The molecule has 0 radical (unpaired) electrons. The fourth-order valence-corrected chi connectivity index (χ4v) is 4.30. The van der Waals surface area contributed by atoms with Crippen molar-refractivity contribution >= 4 is 21.6 Å². The standard InChI is InChI=1S/C24H34N2O4S/c1-5-20-12-14-21(15-13-20)30-18-16-25-24(27)11-8-17-26(31(4,28)29)23-10-7-6-9-22(23)19(2)3/h6-7,9-10,12-15,19H,5,8,11,16-18H2,1-4H3,(H,25,27). The summed E-state index contributed by atoms with van der Waals surface area (Å²) in [5.41, 5.74) is 2.91. The maximum Gasteiger partial charge on any atom is 0.232 e. The Bertz CT molecular complexity index is 940. The van der Waals surface area contributed by atoms with E-state index in [4.69, 9.17) is 4.74 Å². The Morgan fingerprint density at radius 2 is 1.77 bits per heavy atom. The van der Waals surface area contributed by atoms with Crippen LogP contribution in [0.15, 0.2) is 48.5 Å². The van der Waals surface area contributed by atoms with Crippen LogP contribution in [0.2, 0.25) is 0 Å². The van der Waals surface area contributed by atoms with Gasteiger partial charge in [-0.25, -0.2) is 8.42 Å². The normalized spacial score (nSPS) is 11.4. The third kappa shape index (κ3) is 7.90. The quantitative estimate of drug-likeness (QED) is 0.498. The van der Waals surface area contributed by atoms with Gasteiger partial charge in [0.05, 0.1) is 18.5 Å². The third-order valence-corrected chi connectivity index (χ3v) is 6.20. The molecule has 2 rings (SSSR count). The van der Waals surface area contributed by atoms with Gasteiger partial charge in [0.15, 0.2) is 0 Å². The molecule has 0 atom stereocenters. The molecular formula is C24H34N2O4S. The summed E-state index contributed by atoms with van der Waals surface area (Å²) >= 11 is 0. The lowest BCUT2D eigenvalue weighted by molar-refractivity contribution is -0.121. The minimum absolute atomic E-state index is 0.115. The average molecular weight is 447 g/mol. The van der Waals surface area contributed by atoms with E-state index in [1.54, 1.807) is 0 Å². The number of sulfonamides is 1. The van der Waals surface area contributed by atoms with Crippen molar-refractivity contribution in [3.8, 4) is 5.75 Å². The van der Waals surface area contributed by atoms with Crippen LogP contribution in [0.3, 0.4) is 0 Å². The van der Waals surface area contributed by atoms with Crippen LogP contribution in [-0.4, -0.2) is 40.3 Å². The second kappa shape index (κ2) is 11.7.